The summed E-state index contributed by atoms with van der Waals surface area (Å²) in [6.45, 7) is 5.99. The molecule has 0 bridgehead atoms. The van der Waals surface area contributed by atoms with E-state index in [-0.39, 0.29) is 12.4 Å². The third-order valence-electron chi connectivity index (χ3n) is 4.93. The molecule has 204 valence electrons. The molecule has 10 heteroatoms. The average molecular weight is 537 g/mol. The molecule has 0 unspecified atom stereocenters. The molecule has 0 radical (unpaired) electrons. The maximum atomic E-state index is 11.9. The smallest absolute Gasteiger partial charge is 0.330 e. The number of carbonyl (C=O) groups excluding carboxylic acids is 1. The van der Waals surface area contributed by atoms with Crippen LogP contribution < -0.4 is 18.4 Å². The van der Waals surface area contributed by atoms with Crippen LogP contribution in [0.5, 0.6) is 23.0 Å². The third kappa shape index (κ3) is 11.6. The van der Waals surface area contributed by atoms with E-state index in [1.165, 1.54) is 13.2 Å². The lowest BCUT2D eigenvalue weighted by atomic mass is 10.1. The van der Waals surface area contributed by atoms with Crippen LogP contribution in [0.2, 0.25) is 0 Å². The fraction of sp³-hybridized carbons (Fsp3) is 0.444. The first-order chi connectivity index (χ1) is 17.8. The van der Waals surface area contributed by atoms with Crippen LogP contribution >= 0.6 is 0 Å². The second kappa shape index (κ2) is 15.8. The molecule has 0 fully saturated rings. The molecule has 0 aliphatic carbocycles. The summed E-state index contributed by atoms with van der Waals surface area (Å²) < 4.78 is 55.2. The Morgan fingerprint density at radius 1 is 0.892 bits per heavy atom. The molecule has 9 nitrogen and oxygen atoms in total. The van der Waals surface area contributed by atoms with Crippen LogP contribution in [-0.4, -0.2) is 60.8 Å². The molecule has 0 aliphatic rings. The number of benzene rings is 2. The Bertz CT molecular complexity index is 1130. The highest BCUT2D eigenvalue weighted by molar-refractivity contribution is 7.86. The molecular weight excluding hydrogens is 500 g/mol. The number of rotatable bonds is 17. The SMILES string of the molecule is CCCCOc1cc(C=CC(=O)OCCOCC)ccc1OCCc1ccc(OS(C)(=O)=O)c(OC)c1. The number of unbranched alkanes of at least 4 members (excludes halogenated alkanes) is 1. The lowest BCUT2D eigenvalue weighted by Gasteiger charge is -2.14. The van der Waals surface area contributed by atoms with Gasteiger partial charge >= 0.3 is 16.1 Å². The summed E-state index contributed by atoms with van der Waals surface area (Å²) in [5.74, 6) is 1.16. The number of hydrogen-bond acceptors (Lipinski definition) is 9. The molecule has 0 aromatic heterocycles. The molecule has 0 heterocycles. The first-order valence-corrected chi connectivity index (χ1v) is 14.0. The lowest BCUT2D eigenvalue weighted by Crippen LogP contribution is -2.08. The van der Waals surface area contributed by atoms with Gasteiger partial charge in [0.25, 0.3) is 0 Å². The van der Waals surface area contributed by atoms with Crippen molar-refractivity contribution in [3.63, 3.8) is 0 Å². The maximum Gasteiger partial charge on any atom is 0.330 e. The Hall–Kier alpha value is -3.24. The minimum absolute atomic E-state index is 0.128. The van der Waals surface area contributed by atoms with Gasteiger partial charge in [-0.3, -0.25) is 0 Å². The van der Waals surface area contributed by atoms with Gasteiger partial charge in [0.2, 0.25) is 0 Å². The van der Waals surface area contributed by atoms with Gasteiger partial charge in [0.15, 0.2) is 23.0 Å². The number of methoxy groups -OCH3 is 1. The normalized spacial score (nSPS) is 11.4. The van der Waals surface area contributed by atoms with E-state index in [2.05, 4.69) is 6.92 Å². The van der Waals surface area contributed by atoms with Gasteiger partial charge in [0.05, 0.1) is 33.2 Å². The van der Waals surface area contributed by atoms with Gasteiger partial charge < -0.3 is 27.9 Å². The van der Waals surface area contributed by atoms with Crippen LogP contribution in [0, 0.1) is 0 Å². The van der Waals surface area contributed by atoms with E-state index in [9.17, 15) is 13.2 Å². The Morgan fingerprint density at radius 2 is 1.65 bits per heavy atom. The van der Waals surface area contributed by atoms with Crippen molar-refractivity contribution in [2.75, 3.05) is 46.4 Å². The molecule has 2 aromatic carbocycles. The number of hydrogen-bond donors (Lipinski definition) is 0. The second-order valence-electron chi connectivity index (χ2n) is 7.98. The number of ether oxygens (including phenoxy) is 5. The zero-order valence-electron chi connectivity index (χ0n) is 21.9. The van der Waals surface area contributed by atoms with Crippen molar-refractivity contribution >= 4 is 22.2 Å². The van der Waals surface area contributed by atoms with Crippen molar-refractivity contribution < 1.29 is 41.1 Å². The minimum Gasteiger partial charge on any atom is -0.493 e. The predicted molar refractivity (Wildman–Crippen MR) is 141 cm³/mol. The first kappa shape index (κ1) is 30.0. The Morgan fingerprint density at radius 3 is 2.35 bits per heavy atom. The Kier molecular flexibility index (Phi) is 12.8. The minimum atomic E-state index is -3.66. The molecule has 0 spiro atoms. The van der Waals surface area contributed by atoms with Crippen LogP contribution in [0.1, 0.15) is 37.8 Å². The van der Waals surface area contributed by atoms with Gasteiger partial charge in [-0.05, 0) is 54.8 Å². The fourth-order valence-electron chi connectivity index (χ4n) is 3.12. The Labute approximate surface area is 219 Å². The fourth-order valence-corrected chi connectivity index (χ4v) is 3.59. The van der Waals surface area contributed by atoms with Crippen LogP contribution in [-0.2, 0) is 30.8 Å². The summed E-state index contributed by atoms with van der Waals surface area (Å²) in [6, 6.07) is 10.5. The molecule has 2 aromatic rings. The molecule has 2 rings (SSSR count). The summed E-state index contributed by atoms with van der Waals surface area (Å²) in [7, 11) is -2.22. The Balaban J connectivity index is 2.04. The van der Waals surface area contributed by atoms with E-state index >= 15 is 0 Å². The van der Waals surface area contributed by atoms with Gasteiger partial charge in [-0.1, -0.05) is 25.5 Å². The van der Waals surface area contributed by atoms with Crippen molar-refractivity contribution in [2.24, 2.45) is 0 Å². The summed E-state index contributed by atoms with van der Waals surface area (Å²) in [5, 5.41) is 0. The first-order valence-electron chi connectivity index (χ1n) is 12.1. The van der Waals surface area contributed by atoms with Crippen molar-refractivity contribution in [3.8, 4) is 23.0 Å². The van der Waals surface area contributed by atoms with Gasteiger partial charge in [-0.2, -0.15) is 8.42 Å². The zero-order chi connectivity index (χ0) is 27.1. The van der Waals surface area contributed by atoms with E-state index in [0.29, 0.717) is 50.1 Å². The molecule has 0 saturated carbocycles. The van der Waals surface area contributed by atoms with E-state index in [4.69, 9.17) is 27.9 Å². The second-order valence-corrected chi connectivity index (χ2v) is 9.55. The highest BCUT2D eigenvalue weighted by atomic mass is 32.2. The molecule has 0 N–H and O–H groups in total. The van der Waals surface area contributed by atoms with E-state index in [1.807, 2.05) is 19.1 Å². The van der Waals surface area contributed by atoms with Crippen LogP contribution in [0.4, 0.5) is 0 Å². The van der Waals surface area contributed by atoms with Crippen LogP contribution in [0.3, 0.4) is 0 Å². The molecule has 37 heavy (non-hydrogen) atoms. The summed E-state index contributed by atoms with van der Waals surface area (Å²) in [5.41, 5.74) is 1.65. The quantitative estimate of drug-likeness (QED) is 0.126. The molecular formula is C27H36O9S. The highest BCUT2D eigenvalue weighted by Crippen LogP contribution is 2.31. The van der Waals surface area contributed by atoms with Gasteiger partial charge in [0.1, 0.15) is 6.61 Å². The lowest BCUT2D eigenvalue weighted by molar-refractivity contribution is -0.139. The highest BCUT2D eigenvalue weighted by Gasteiger charge is 2.12. The van der Waals surface area contributed by atoms with Gasteiger partial charge in [0, 0.05) is 19.1 Å². The van der Waals surface area contributed by atoms with Crippen molar-refractivity contribution in [3.05, 3.63) is 53.6 Å². The standard InChI is InChI=1S/C27H36O9S/c1-5-7-15-33-26-20-21(10-13-27(28)35-18-17-32-6-2)8-11-23(26)34-16-14-22-9-12-24(25(19-22)31-3)36-37(4,29)30/h8-13,19-20H,5-7,14-18H2,1-4H3. The largest absolute Gasteiger partial charge is 0.493 e. The van der Waals surface area contributed by atoms with E-state index in [0.717, 1.165) is 30.2 Å². The maximum absolute atomic E-state index is 11.9. The van der Waals surface area contributed by atoms with Crippen LogP contribution in [0.25, 0.3) is 6.08 Å². The van der Waals surface area contributed by atoms with Crippen molar-refractivity contribution in [1.82, 2.24) is 0 Å². The predicted octanol–water partition coefficient (Wildman–Crippen LogP) is 4.43. The van der Waals surface area contributed by atoms with Crippen molar-refractivity contribution in [1.29, 1.82) is 0 Å². The van der Waals surface area contributed by atoms with Crippen molar-refractivity contribution in [2.45, 2.75) is 33.1 Å². The summed E-state index contributed by atoms with van der Waals surface area (Å²) in [6.07, 6.45) is 6.43. The molecule has 0 saturated heterocycles. The average Bonchev–Trinajstić information content (AvgIpc) is 2.86. The van der Waals surface area contributed by atoms with E-state index < -0.39 is 16.1 Å². The van der Waals surface area contributed by atoms with Gasteiger partial charge in [-0.25, -0.2) is 4.79 Å². The summed E-state index contributed by atoms with van der Waals surface area (Å²) in [4.78, 5) is 11.9. The summed E-state index contributed by atoms with van der Waals surface area (Å²) >= 11 is 0. The number of carbonyl (C=O) groups is 1. The molecule has 0 aliphatic heterocycles. The monoisotopic (exact) mass is 536 g/mol. The van der Waals surface area contributed by atoms with Crippen LogP contribution in [0.15, 0.2) is 42.5 Å². The molecule has 0 amide bonds. The van der Waals surface area contributed by atoms with Gasteiger partial charge in [-0.15, -0.1) is 0 Å². The number of esters is 1. The molecule has 0 atom stereocenters. The topological polar surface area (TPSA) is 107 Å². The zero-order valence-corrected chi connectivity index (χ0v) is 22.7. The van der Waals surface area contributed by atoms with E-state index in [1.54, 1.807) is 30.3 Å². The third-order valence-corrected chi connectivity index (χ3v) is 5.41.